The Kier molecular flexibility index (Phi) is 1.51. The number of hydrogen-bond acceptors (Lipinski definition) is 3. The van der Waals surface area contributed by atoms with Crippen molar-refractivity contribution in [3.05, 3.63) is 0 Å². The van der Waals surface area contributed by atoms with Gasteiger partial charge in [0.1, 0.15) is 0 Å². The fourth-order valence-corrected chi connectivity index (χ4v) is 1.07. The van der Waals surface area contributed by atoms with E-state index >= 15 is 0 Å². The Morgan fingerprint density at radius 2 is 1.62 bits per heavy atom. The summed E-state index contributed by atoms with van der Waals surface area (Å²) in [5.41, 5.74) is 11.2. The van der Waals surface area contributed by atoms with Crippen molar-refractivity contribution in [2.75, 3.05) is 20.1 Å². The summed E-state index contributed by atoms with van der Waals surface area (Å²) in [4.78, 5) is 2.15. The van der Waals surface area contributed by atoms with Gasteiger partial charge in [0, 0.05) is 25.2 Å². The van der Waals surface area contributed by atoms with Crippen LogP contribution < -0.4 is 11.5 Å². The number of nitrogens with two attached hydrogens (primary N) is 2. The largest absolute Gasteiger partial charge is 0.325 e. The molecule has 0 aromatic heterocycles. The predicted molar refractivity (Wildman–Crippen MR) is 33.4 cm³/mol. The van der Waals surface area contributed by atoms with E-state index in [9.17, 15) is 0 Å². The van der Waals surface area contributed by atoms with Crippen LogP contribution in [-0.2, 0) is 0 Å². The summed E-state index contributed by atoms with van der Waals surface area (Å²) in [6, 6.07) is 0.389. The highest BCUT2D eigenvalue weighted by Gasteiger charge is 2.23. The van der Waals surface area contributed by atoms with Gasteiger partial charge in [-0.3, -0.25) is 0 Å². The van der Waals surface area contributed by atoms with Crippen LogP contribution >= 0.6 is 0 Å². The third kappa shape index (κ3) is 0.992. The molecule has 3 heteroatoms. The molecule has 1 aliphatic heterocycles. The highest BCUT2D eigenvalue weighted by molar-refractivity contribution is 4.87. The SMILES string of the molecule is CN1CC(N)C(N)C1. The van der Waals surface area contributed by atoms with Crippen LogP contribution in [0.2, 0.25) is 0 Å². The minimum atomic E-state index is 0.194. The van der Waals surface area contributed by atoms with Crippen LogP contribution in [0.1, 0.15) is 0 Å². The van der Waals surface area contributed by atoms with Crippen molar-refractivity contribution >= 4 is 0 Å². The first-order valence-corrected chi connectivity index (χ1v) is 2.90. The number of likely N-dealkylation sites (tertiary alicyclic amines) is 1. The summed E-state index contributed by atoms with van der Waals surface area (Å²) in [7, 11) is 2.03. The van der Waals surface area contributed by atoms with E-state index in [1.54, 1.807) is 0 Å². The second-order valence-electron chi connectivity index (χ2n) is 2.55. The molecular formula is C5H13N3. The van der Waals surface area contributed by atoms with Gasteiger partial charge in [0.15, 0.2) is 0 Å². The van der Waals surface area contributed by atoms with Gasteiger partial charge in [-0.25, -0.2) is 0 Å². The normalized spacial score (nSPS) is 40.9. The van der Waals surface area contributed by atoms with Crippen molar-refractivity contribution < 1.29 is 0 Å². The van der Waals surface area contributed by atoms with Crippen LogP contribution in [0.3, 0.4) is 0 Å². The molecule has 0 aromatic carbocycles. The Morgan fingerprint density at radius 1 is 1.25 bits per heavy atom. The van der Waals surface area contributed by atoms with Crippen LogP contribution in [0.25, 0.3) is 0 Å². The molecule has 8 heavy (non-hydrogen) atoms. The highest BCUT2D eigenvalue weighted by Crippen LogP contribution is 2.01. The molecule has 0 saturated carbocycles. The van der Waals surface area contributed by atoms with Gasteiger partial charge in [0.25, 0.3) is 0 Å². The van der Waals surface area contributed by atoms with Crippen molar-refractivity contribution in [1.29, 1.82) is 0 Å². The van der Waals surface area contributed by atoms with Gasteiger partial charge >= 0.3 is 0 Å². The predicted octanol–water partition coefficient (Wildman–Crippen LogP) is -1.41. The first kappa shape index (κ1) is 6.01. The zero-order chi connectivity index (χ0) is 6.15. The zero-order valence-electron chi connectivity index (χ0n) is 5.17. The number of hydrogen-bond donors (Lipinski definition) is 2. The molecular weight excluding hydrogens is 102 g/mol. The first-order chi connectivity index (χ1) is 3.70. The lowest BCUT2D eigenvalue weighted by Gasteiger charge is -2.04. The average Bonchev–Trinajstić information content (AvgIpc) is 1.85. The van der Waals surface area contributed by atoms with Gasteiger partial charge in [-0.2, -0.15) is 0 Å². The van der Waals surface area contributed by atoms with Crippen LogP contribution in [0.4, 0.5) is 0 Å². The lowest BCUT2D eigenvalue weighted by molar-refractivity contribution is 0.407. The fourth-order valence-electron chi connectivity index (χ4n) is 1.07. The zero-order valence-corrected chi connectivity index (χ0v) is 5.17. The van der Waals surface area contributed by atoms with Gasteiger partial charge in [-0.15, -0.1) is 0 Å². The van der Waals surface area contributed by atoms with E-state index in [4.69, 9.17) is 11.5 Å². The maximum atomic E-state index is 5.60. The minimum Gasteiger partial charge on any atom is -0.325 e. The molecule has 0 spiro atoms. The van der Waals surface area contributed by atoms with E-state index < -0.39 is 0 Å². The number of nitrogens with zero attached hydrogens (tertiary/aromatic N) is 1. The van der Waals surface area contributed by atoms with Crippen LogP contribution in [-0.4, -0.2) is 37.1 Å². The molecule has 0 radical (unpaired) electrons. The van der Waals surface area contributed by atoms with Gasteiger partial charge < -0.3 is 16.4 Å². The third-order valence-corrected chi connectivity index (χ3v) is 1.59. The van der Waals surface area contributed by atoms with Gasteiger partial charge in [0.05, 0.1) is 0 Å². The second-order valence-corrected chi connectivity index (χ2v) is 2.55. The van der Waals surface area contributed by atoms with E-state index in [2.05, 4.69) is 4.90 Å². The molecule has 1 aliphatic rings. The summed E-state index contributed by atoms with van der Waals surface area (Å²) in [6.07, 6.45) is 0. The Hall–Kier alpha value is -0.120. The third-order valence-electron chi connectivity index (χ3n) is 1.59. The summed E-state index contributed by atoms with van der Waals surface area (Å²) < 4.78 is 0. The fraction of sp³-hybridized carbons (Fsp3) is 1.00. The maximum Gasteiger partial charge on any atom is 0.0334 e. The second kappa shape index (κ2) is 2.01. The van der Waals surface area contributed by atoms with E-state index in [-0.39, 0.29) is 12.1 Å². The molecule has 0 bridgehead atoms. The van der Waals surface area contributed by atoms with Crippen LogP contribution in [0, 0.1) is 0 Å². The Bertz CT molecular complexity index is 73.7. The lowest BCUT2D eigenvalue weighted by atomic mass is 10.2. The molecule has 1 rings (SSSR count). The summed E-state index contributed by atoms with van der Waals surface area (Å²) >= 11 is 0. The van der Waals surface area contributed by atoms with Gasteiger partial charge in [-0.05, 0) is 7.05 Å². The van der Waals surface area contributed by atoms with Crippen LogP contribution in [0.15, 0.2) is 0 Å². The molecule has 4 N–H and O–H groups in total. The van der Waals surface area contributed by atoms with Crippen molar-refractivity contribution in [3.8, 4) is 0 Å². The van der Waals surface area contributed by atoms with E-state index in [1.807, 2.05) is 7.05 Å². The molecule has 48 valence electrons. The summed E-state index contributed by atoms with van der Waals surface area (Å²) in [5.74, 6) is 0. The van der Waals surface area contributed by atoms with E-state index in [0.29, 0.717) is 0 Å². The molecule has 1 fully saturated rings. The molecule has 2 unspecified atom stereocenters. The smallest absolute Gasteiger partial charge is 0.0334 e. The Morgan fingerprint density at radius 3 is 1.75 bits per heavy atom. The molecule has 2 atom stereocenters. The first-order valence-electron chi connectivity index (χ1n) is 2.90. The van der Waals surface area contributed by atoms with E-state index in [1.165, 1.54) is 0 Å². The van der Waals surface area contributed by atoms with E-state index in [0.717, 1.165) is 13.1 Å². The van der Waals surface area contributed by atoms with Crippen molar-refractivity contribution in [2.24, 2.45) is 11.5 Å². The van der Waals surface area contributed by atoms with Crippen molar-refractivity contribution in [1.82, 2.24) is 4.90 Å². The molecule has 0 aliphatic carbocycles. The highest BCUT2D eigenvalue weighted by atomic mass is 15.2. The lowest BCUT2D eigenvalue weighted by Crippen LogP contribution is -2.39. The molecule has 0 amide bonds. The molecule has 0 aromatic rings. The Labute approximate surface area is 49.6 Å². The standard InChI is InChI=1S/C5H13N3/c1-8-2-4(6)5(7)3-8/h4-5H,2-3,6-7H2,1H3. The number of likely N-dealkylation sites (N-methyl/N-ethyl adjacent to an activating group) is 1. The minimum absolute atomic E-state index is 0.194. The van der Waals surface area contributed by atoms with Crippen molar-refractivity contribution in [3.63, 3.8) is 0 Å². The summed E-state index contributed by atoms with van der Waals surface area (Å²) in [6.45, 7) is 1.89. The monoisotopic (exact) mass is 115 g/mol. The maximum absolute atomic E-state index is 5.60. The average molecular weight is 115 g/mol. The topological polar surface area (TPSA) is 55.3 Å². The quantitative estimate of drug-likeness (QED) is 0.407. The van der Waals surface area contributed by atoms with Gasteiger partial charge in [-0.1, -0.05) is 0 Å². The number of rotatable bonds is 0. The van der Waals surface area contributed by atoms with Crippen LogP contribution in [0.5, 0.6) is 0 Å². The molecule has 1 heterocycles. The molecule has 1 saturated heterocycles. The van der Waals surface area contributed by atoms with Crippen molar-refractivity contribution in [2.45, 2.75) is 12.1 Å². The summed E-state index contributed by atoms with van der Waals surface area (Å²) in [5, 5.41) is 0. The molecule has 3 nitrogen and oxygen atoms in total. The Balaban J connectivity index is 2.39. The van der Waals surface area contributed by atoms with Gasteiger partial charge in [0.2, 0.25) is 0 Å².